The number of rotatable bonds is 5. The van der Waals surface area contributed by atoms with E-state index in [0.717, 1.165) is 48.8 Å². The maximum absolute atomic E-state index is 13.4. The predicted molar refractivity (Wildman–Crippen MR) is 139 cm³/mol. The number of aryl methyl sites for hydroxylation is 1. The molecular formula is C28H42N4O3. The highest BCUT2D eigenvalue weighted by atomic mass is 16.5. The van der Waals surface area contributed by atoms with E-state index < -0.39 is 0 Å². The molecule has 1 aromatic carbocycles. The van der Waals surface area contributed by atoms with E-state index in [4.69, 9.17) is 4.74 Å². The maximum Gasteiger partial charge on any atom is 0.318 e. The minimum atomic E-state index is -0.366. The van der Waals surface area contributed by atoms with Crippen LogP contribution < -0.4 is 10.1 Å². The summed E-state index contributed by atoms with van der Waals surface area (Å²) < 4.78 is 7.73. The SMILES string of the molecule is COc1ccc2c3c(n(C)c2c1)[C@@H](CO)N(C(=O)NC(C)C)CC31CCN(CC2CCCC2)CC1. The third kappa shape index (κ3) is 4.31. The zero-order valence-electron chi connectivity index (χ0n) is 21.8. The Kier molecular flexibility index (Phi) is 6.75. The number of benzene rings is 1. The second-order valence-electron chi connectivity index (χ2n) is 11.4. The van der Waals surface area contributed by atoms with E-state index >= 15 is 0 Å². The maximum atomic E-state index is 13.4. The van der Waals surface area contributed by atoms with Gasteiger partial charge in [0, 0.05) is 48.7 Å². The number of hydrogen-bond acceptors (Lipinski definition) is 4. The van der Waals surface area contributed by atoms with Crippen molar-refractivity contribution in [2.75, 3.05) is 39.9 Å². The molecule has 1 spiro atoms. The fourth-order valence-corrected chi connectivity index (χ4v) is 7.03. The number of nitrogens with zero attached hydrogens (tertiary/aromatic N) is 3. The Hall–Kier alpha value is -2.25. The van der Waals surface area contributed by atoms with Crippen molar-refractivity contribution in [3.63, 3.8) is 0 Å². The molecule has 35 heavy (non-hydrogen) atoms. The van der Waals surface area contributed by atoms with Crippen LogP contribution in [-0.4, -0.2) is 71.4 Å². The van der Waals surface area contributed by atoms with Crippen molar-refractivity contribution >= 4 is 16.9 Å². The molecule has 7 nitrogen and oxygen atoms in total. The lowest BCUT2D eigenvalue weighted by molar-refractivity contribution is 0.0622. The smallest absolute Gasteiger partial charge is 0.318 e. The summed E-state index contributed by atoms with van der Waals surface area (Å²) in [5.74, 6) is 1.67. The fourth-order valence-electron chi connectivity index (χ4n) is 7.03. The lowest BCUT2D eigenvalue weighted by atomic mass is 9.68. The molecule has 2 N–H and O–H groups in total. The molecule has 1 saturated carbocycles. The number of fused-ring (bicyclic) bond motifs is 4. The van der Waals surface area contributed by atoms with Crippen LogP contribution in [0.25, 0.3) is 10.9 Å². The lowest BCUT2D eigenvalue weighted by Gasteiger charge is -2.50. The lowest BCUT2D eigenvalue weighted by Crippen LogP contribution is -2.58. The first-order valence-corrected chi connectivity index (χ1v) is 13.4. The summed E-state index contributed by atoms with van der Waals surface area (Å²) in [5, 5.41) is 14.9. The molecule has 0 bridgehead atoms. The number of urea groups is 1. The molecule has 2 aromatic rings. The molecule has 7 heteroatoms. The van der Waals surface area contributed by atoms with E-state index in [1.54, 1.807) is 7.11 Å². The van der Waals surface area contributed by atoms with Gasteiger partial charge in [0.25, 0.3) is 0 Å². The van der Waals surface area contributed by atoms with Gasteiger partial charge in [-0.25, -0.2) is 4.79 Å². The second kappa shape index (κ2) is 9.66. The van der Waals surface area contributed by atoms with Crippen LogP contribution in [0.1, 0.15) is 69.7 Å². The number of methoxy groups -OCH3 is 1. The molecular weight excluding hydrogens is 440 g/mol. The molecule has 1 atom stereocenters. The number of carbonyl (C=O) groups is 1. The van der Waals surface area contributed by atoms with E-state index in [1.165, 1.54) is 43.2 Å². The number of nitrogens with one attached hydrogen (secondary N) is 1. The van der Waals surface area contributed by atoms with Crippen LogP contribution in [0.3, 0.4) is 0 Å². The number of amides is 2. The van der Waals surface area contributed by atoms with Crippen LogP contribution in [0.4, 0.5) is 4.79 Å². The zero-order chi connectivity index (χ0) is 24.7. The molecule has 1 aromatic heterocycles. The molecule has 2 fully saturated rings. The van der Waals surface area contributed by atoms with Crippen molar-refractivity contribution in [3.05, 3.63) is 29.5 Å². The predicted octanol–water partition coefficient (Wildman–Crippen LogP) is 4.18. The Morgan fingerprint density at radius 3 is 2.57 bits per heavy atom. The van der Waals surface area contributed by atoms with E-state index in [1.807, 2.05) is 24.8 Å². The molecule has 192 valence electrons. The summed E-state index contributed by atoms with van der Waals surface area (Å²) in [7, 11) is 3.76. The fraction of sp³-hybridized carbons (Fsp3) is 0.679. The largest absolute Gasteiger partial charge is 0.497 e. The molecule has 2 amide bonds. The van der Waals surface area contributed by atoms with Crippen LogP contribution in [0.5, 0.6) is 5.75 Å². The van der Waals surface area contributed by atoms with E-state index in [2.05, 4.69) is 34.0 Å². The number of aliphatic hydroxyl groups is 1. The van der Waals surface area contributed by atoms with Gasteiger partial charge in [-0.15, -0.1) is 0 Å². The average molecular weight is 483 g/mol. The van der Waals surface area contributed by atoms with Crippen molar-refractivity contribution < 1.29 is 14.6 Å². The summed E-state index contributed by atoms with van der Waals surface area (Å²) in [6, 6.07) is 5.90. The second-order valence-corrected chi connectivity index (χ2v) is 11.4. The molecule has 5 rings (SSSR count). The molecule has 3 heterocycles. The minimum Gasteiger partial charge on any atom is -0.497 e. The molecule has 0 unspecified atom stereocenters. The van der Waals surface area contributed by atoms with Gasteiger partial charge in [0.2, 0.25) is 0 Å². The summed E-state index contributed by atoms with van der Waals surface area (Å²) in [4.78, 5) is 18.0. The number of piperidine rings is 1. The van der Waals surface area contributed by atoms with Crippen LogP contribution in [0.2, 0.25) is 0 Å². The Labute approximate surface area is 209 Å². The van der Waals surface area contributed by atoms with Crippen molar-refractivity contribution in [2.45, 2.75) is 69.9 Å². The van der Waals surface area contributed by atoms with Crippen molar-refractivity contribution in [2.24, 2.45) is 13.0 Å². The van der Waals surface area contributed by atoms with Crippen LogP contribution in [0.15, 0.2) is 18.2 Å². The highest BCUT2D eigenvalue weighted by Gasteiger charge is 2.49. The first kappa shape index (κ1) is 24.4. The third-order valence-electron chi connectivity index (χ3n) is 8.80. The molecule has 3 aliphatic rings. The Balaban J connectivity index is 1.56. The average Bonchev–Trinajstić information content (AvgIpc) is 3.46. The van der Waals surface area contributed by atoms with Crippen LogP contribution >= 0.6 is 0 Å². The topological polar surface area (TPSA) is 70.0 Å². The van der Waals surface area contributed by atoms with Crippen molar-refractivity contribution in [1.82, 2.24) is 19.7 Å². The monoisotopic (exact) mass is 482 g/mol. The van der Waals surface area contributed by atoms with Gasteiger partial charge in [-0.2, -0.15) is 0 Å². The number of likely N-dealkylation sites (tertiary alicyclic amines) is 1. The van der Waals surface area contributed by atoms with E-state index in [-0.39, 0.29) is 30.1 Å². The molecule has 1 aliphatic carbocycles. The number of aliphatic hydroxyl groups excluding tert-OH is 1. The Morgan fingerprint density at radius 2 is 1.94 bits per heavy atom. The summed E-state index contributed by atoms with van der Waals surface area (Å²) in [6.07, 6.45) is 7.57. The standard InChI is InChI=1S/C28H42N4O3/c1-19(2)29-27(34)32-18-28(11-13-31(14-12-28)16-20-7-5-6-8-20)25-22-10-9-21(35-4)15-23(22)30(3)26(25)24(32)17-33/h9-10,15,19-20,24,33H,5-8,11-14,16-18H2,1-4H3,(H,29,34)/t24-/m1/s1. The molecule has 2 aliphatic heterocycles. The molecule has 1 saturated heterocycles. The summed E-state index contributed by atoms with van der Waals surface area (Å²) in [5.41, 5.74) is 3.40. The number of aromatic nitrogens is 1. The first-order chi connectivity index (χ1) is 16.9. The highest BCUT2D eigenvalue weighted by Crippen LogP contribution is 2.50. The van der Waals surface area contributed by atoms with Gasteiger partial charge in [-0.1, -0.05) is 12.8 Å². The third-order valence-corrected chi connectivity index (χ3v) is 8.80. The minimum absolute atomic E-state index is 0.0456. The summed E-state index contributed by atoms with van der Waals surface area (Å²) >= 11 is 0. The Bertz CT molecular complexity index is 1060. The Morgan fingerprint density at radius 1 is 1.23 bits per heavy atom. The first-order valence-electron chi connectivity index (χ1n) is 13.4. The van der Waals surface area contributed by atoms with Crippen LogP contribution in [-0.2, 0) is 12.5 Å². The molecule has 0 radical (unpaired) electrons. The van der Waals surface area contributed by atoms with Gasteiger partial charge in [-0.05, 0) is 76.2 Å². The number of carbonyl (C=O) groups excluding carboxylic acids is 1. The van der Waals surface area contributed by atoms with Gasteiger partial charge >= 0.3 is 6.03 Å². The van der Waals surface area contributed by atoms with Gasteiger partial charge in [0.05, 0.1) is 25.3 Å². The number of hydrogen-bond donors (Lipinski definition) is 2. The quantitative estimate of drug-likeness (QED) is 0.671. The van der Waals surface area contributed by atoms with Gasteiger partial charge in [-0.3, -0.25) is 0 Å². The van der Waals surface area contributed by atoms with Crippen molar-refractivity contribution in [3.8, 4) is 5.75 Å². The van der Waals surface area contributed by atoms with Gasteiger partial charge in [0.15, 0.2) is 0 Å². The van der Waals surface area contributed by atoms with E-state index in [9.17, 15) is 9.90 Å². The van der Waals surface area contributed by atoms with Gasteiger partial charge < -0.3 is 29.5 Å². The van der Waals surface area contributed by atoms with Crippen LogP contribution in [0, 0.1) is 5.92 Å². The number of ether oxygens (including phenoxy) is 1. The summed E-state index contributed by atoms with van der Waals surface area (Å²) in [6.45, 7) is 7.86. The zero-order valence-corrected chi connectivity index (χ0v) is 21.8. The van der Waals surface area contributed by atoms with Crippen molar-refractivity contribution in [1.29, 1.82) is 0 Å². The normalized spacial score (nSPS) is 22.8. The van der Waals surface area contributed by atoms with E-state index in [0.29, 0.717) is 6.54 Å². The highest BCUT2D eigenvalue weighted by molar-refractivity contribution is 5.89. The van der Waals surface area contributed by atoms with Gasteiger partial charge in [0.1, 0.15) is 5.75 Å².